The molecule has 11 heavy (non-hydrogen) atoms. The summed E-state index contributed by atoms with van der Waals surface area (Å²) < 4.78 is 5.75. The standard InChI is InChI=1S/C8H15NO2/c10-5-7-4-9-6-8(11-7)2-1-3-8/h7,9-10H,1-6H2/t7-/m0/s1. The van der Waals surface area contributed by atoms with Crippen LogP contribution in [0.1, 0.15) is 19.3 Å². The largest absolute Gasteiger partial charge is 0.394 e. The molecule has 3 nitrogen and oxygen atoms in total. The van der Waals surface area contributed by atoms with Gasteiger partial charge in [0.1, 0.15) is 0 Å². The third-order valence-corrected chi connectivity index (χ3v) is 2.70. The van der Waals surface area contributed by atoms with Crippen molar-refractivity contribution in [1.29, 1.82) is 0 Å². The number of hydrogen-bond acceptors (Lipinski definition) is 3. The maximum Gasteiger partial charge on any atom is 0.0937 e. The van der Waals surface area contributed by atoms with Gasteiger partial charge in [0.2, 0.25) is 0 Å². The molecule has 0 bridgehead atoms. The van der Waals surface area contributed by atoms with Gasteiger partial charge in [0, 0.05) is 13.1 Å². The molecule has 1 aliphatic heterocycles. The maximum atomic E-state index is 8.88. The molecule has 3 heteroatoms. The molecule has 1 saturated carbocycles. The van der Waals surface area contributed by atoms with Crippen LogP contribution >= 0.6 is 0 Å². The second-order valence-electron chi connectivity index (χ2n) is 3.59. The molecule has 1 heterocycles. The van der Waals surface area contributed by atoms with Gasteiger partial charge in [0.25, 0.3) is 0 Å². The summed E-state index contributed by atoms with van der Waals surface area (Å²) in [5.41, 5.74) is 0.103. The monoisotopic (exact) mass is 157 g/mol. The second kappa shape index (κ2) is 2.73. The third-order valence-electron chi connectivity index (χ3n) is 2.70. The van der Waals surface area contributed by atoms with Crippen molar-refractivity contribution in [2.75, 3.05) is 19.7 Å². The average molecular weight is 157 g/mol. The van der Waals surface area contributed by atoms with Crippen LogP contribution in [0.3, 0.4) is 0 Å². The lowest BCUT2D eigenvalue weighted by Gasteiger charge is -2.47. The molecule has 1 saturated heterocycles. The number of aliphatic hydroxyl groups excluding tert-OH is 1. The molecule has 2 rings (SSSR count). The van der Waals surface area contributed by atoms with Crippen LogP contribution in [0.2, 0.25) is 0 Å². The Labute approximate surface area is 66.7 Å². The molecule has 2 N–H and O–H groups in total. The van der Waals surface area contributed by atoms with E-state index in [1.54, 1.807) is 0 Å². The van der Waals surface area contributed by atoms with E-state index in [0.29, 0.717) is 0 Å². The van der Waals surface area contributed by atoms with Crippen LogP contribution in [0, 0.1) is 0 Å². The van der Waals surface area contributed by atoms with Crippen molar-refractivity contribution >= 4 is 0 Å². The molecule has 1 aliphatic carbocycles. The van der Waals surface area contributed by atoms with Crippen molar-refractivity contribution in [3.8, 4) is 0 Å². The maximum absolute atomic E-state index is 8.88. The summed E-state index contributed by atoms with van der Waals surface area (Å²) in [7, 11) is 0. The summed E-state index contributed by atoms with van der Waals surface area (Å²) in [6, 6.07) is 0. The average Bonchev–Trinajstić information content (AvgIpc) is 2.02. The smallest absolute Gasteiger partial charge is 0.0937 e. The van der Waals surface area contributed by atoms with Crippen molar-refractivity contribution in [2.45, 2.75) is 31.0 Å². The Hall–Kier alpha value is -0.120. The zero-order valence-electron chi connectivity index (χ0n) is 6.68. The molecule has 2 aliphatic rings. The Balaban J connectivity index is 1.92. The normalized spacial score (nSPS) is 35.2. The molecule has 2 fully saturated rings. The van der Waals surface area contributed by atoms with Gasteiger partial charge in [-0.15, -0.1) is 0 Å². The highest BCUT2D eigenvalue weighted by Gasteiger charge is 2.42. The van der Waals surface area contributed by atoms with E-state index in [1.807, 2.05) is 0 Å². The highest BCUT2D eigenvalue weighted by atomic mass is 16.5. The molecule has 0 radical (unpaired) electrons. The number of nitrogens with one attached hydrogen (secondary N) is 1. The van der Waals surface area contributed by atoms with Crippen LogP contribution in [0.25, 0.3) is 0 Å². The van der Waals surface area contributed by atoms with Crippen LogP contribution in [-0.4, -0.2) is 36.5 Å². The first-order valence-corrected chi connectivity index (χ1v) is 4.34. The zero-order valence-corrected chi connectivity index (χ0v) is 6.68. The predicted molar refractivity (Wildman–Crippen MR) is 41.4 cm³/mol. The fraction of sp³-hybridized carbons (Fsp3) is 1.00. The van der Waals surface area contributed by atoms with E-state index in [1.165, 1.54) is 6.42 Å². The van der Waals surface area contributed by atoms with Crippen LogP contribution in [0.5, 0.6) is 0 Å². The van der Waals surface area contributed by atoms with Crippen LogP contribution in [0.4, 0.5) is 0 Å². The van der Waals surface area contributed by atoms with Crippen LogP contribution in [-0.2, 0) is 4.74 Å². The Morgan fingerprint density at radius 1 is 1.55 bits per heavy atom. The van der Waals surface area contributed by atoms with E-state index in [9.17, 15) is 0 Å². The molecule has 1 spiro atoms. The molecular weight excluding hydrogens is 142 g/mol. The molecule has 0 aromatic heterocycles. The molecule has 0 aromatic rings. The van der Waals surface area contributed by atoms with E-state index >= 15 is 0 Å². The minimum absolute atomic E-state index is 0.0315. The van der Waals surface area contributed by atoms with Gasteiger partial charge in [-0.25, -0.2) is 0 Å². The van der Waals surface area contributed by atoms with Gasteiger partial charge < -0.3 is 15.2 Å². The van der Waals surface area contributed by atoms with Gasteiger partial charge in [0.05, 0.1) is 18.3 Å². The summed E-state index contributed by atoms with van der Waals surface area (Å²) in [6.45, 7) is 1.93. The number of rotatable bonds is 1. The first-order valence-electron chi connectivity index (χ1n) is 4.34. The van der Waals surface area contributed by atoms with E-state index in [2.05, 4.69) is 5.32 Å². The summed E-state index contributed by atoms with van der Waals surface area (Å²) in [5, 5.41) is 12.2. The van der Waals surface area contributed by atoms with Gasteiger partial charge in [-0.2, -0.15) is 0 Å². The van der Waals surface area contributed by atoms with Crippen LogP contribution in [0.15, 0.2) is 0 Å². The molecule has 0 aromatic carbocycles. The lowest BCUT2D eigenvalue weighted by atomic mass is 9.79. The van der Waals surface area contributed by atoms with Gasteiger partial charge in [-0.1, -0.05) is 0 Å². The fourth-order valence-corrected chi connectivity index (χ4v) is 1.87. The highest BCUT2D eigenvalue weighted by molar-refractivity contribution is 4.95. The van der Waals surface area contributed by atoms with Crippen molar-refractivity contribution in [1.82, 2.24) is 5.32 Å². The molecule has 0 amide bonds. The highest BCUT2D eigenvalue weighted by Crippen LogP contribution is 2.37. The summed E-state index contributed by atoms with van der Waals surface area (Å²) >= 11 is 0. The van der Waals surface area contributed by atoms with Gasteiger partial charge in [-0.3, -0.25) is 0 Å². The van der Waals surface area contributed by atoms with E-state index in [4.69, 9.17) is 9.84 Å². The summed E-state index contributed by atoms with van der Waals surface area (Å²) in [6.07, 6.45) is 3.64. The van der Waals surface area contributed by atoms with Crippen molar-refractivity contribution < 1.29 is 9.84 Å². The second-order valence-corrected chi connectivity index (χ2v) is 3.59. The topological polar surface area (TPSA) is 41.5 Å². The van der Waals surface area contributed by atoms with Gasteiger partial charge in [-0.05, 0) is 19.3 Å². The number of morpholine rings is 1. The Morgan fingerprint density at radius 2 is 2.36 bits per heavy atom. The predicted octanol–water partition coefficient (Wildman–Crippen LogP) is -0.110. The van der Waals surface area contributed by atoms with Crippen LogP contribution < -0.4 is 5.32 Å². The zero-order chi connectivity index (χ0) is 7.73. The van der Waals surface area contributed by atoms with E-state index in [0.717, 1.165) is 25.9 Å². The third kappa shape index (κ3) is 1.28. The lowest BCUT2D eigenvalue weighted by Crippen LogP contribution is -2.58. The summed E-state index contributed by atoms with van der Waals surface area (Å²) in [5.74, 6) is 0. The minimum Gasteiger partial charge on any atom is -0.394 e. The van der Waals surface area contributed by atoms with Gasteiger partial charge in [0.15, 0.2) is 0 Å². The van der Waals surface area contributed by atoms with E-state index < -0.39 is 0 Å². The van der Waals surface area contributed by atoms with Crippen molar-refractivity contribution in [3.05, 3.63) is 0 Å². The Morgan fingerprint density at radius 3 is 2.91 bits per heavy atom. The van der Waals surface area contributed by atoms with Crippen molar-refractivity contribution in [2.24, 2.45) is 0 Å². The first kappa shape index (κ1) is 7.53. The SMILES string of the molecule is OC[C@@H]1CNCC2(CCC2)O1. The quantitative estimate of drug-likeness (QED) is 0.558. The molecular formula is C8H15NO2. The van der Waals surface area contributed by atoms with E-state index in [-0.39, 0.29) is 18.3 Å². The first-order chi connectivity index (χ1) is 5.35. The molecule has 64 valence electrons. The lowest BCUT2D eigenvalue weighted by molar-refractivity contribution is -0.167. The molecule has 1 atom stereocenters. The minimum atomic E-state index is 0.0315. The Kier molecular flexibility index (Phi) is 1.87. The number of ether oxygens (including phenoxy) is 1. The summed E-state index contributed by atoms with van der Waals surface area (Å²) in [4.78, 5) is 0. The van der Waals surface area contributed by atoms with Crippen molar-refractivity contribution in [3.63, 3.8) is 0 Å². The Bertz CT molecular complexity index is 145. The number of hydrogen-bond donors (Lipinski definition) is 2. The number of aliphatic hydroxyl groups is 1. The molecule has 0 unspecified atom stereocenters. The van der Waals surface area contributed by atoms with Gasteiger partial charge >= 0.3 is 0 Å². The fourth-order valence-electron chi connectivity index (χ4n) is 1.87.